The zero-order chi connectivity index (χ0) is 19.4. The number of furan rings is 1. The van der Waals surface area contributed by atoms with E-state index < -0.39 is 26.8 Å². The molecule has 1 N–H and O–H groups in total. The number of amides is 1. The van der Waals surface area contributed by atoms with Gasteiger partial charge in [-0.05, 0) is 49.4 Å². The van der Waals surface area contributed by atoms with E-state index in [2.05, 4.69) is 5.32 Å². The van der Waals surface area contributed by atoms with Crippen molar-refractivity contribution >= 4 is 15.7 Å². The van der Waals surface area contributed by atoms with Gasteiger partial charge >= 0.3 is 0 Å². The van der Waals surface area contributed by atoms with Crippen molar-refractivity contribution in [3.05, 3.63) is 89.6 Å². The number of carbonyl (C=O) groups excluding carboxylic acids is 1. The summed E-state index contributed by atoms with van der Waals surface area (Å²) in [4.78, 5) is 12.4. The van der Waals surface area contributed by atoms with Gasteiger partial charge in [0.25, 0.3) is 5.91 Å². The first-order valence-electron chi connectivity index (χ1n) is 8.25. The Balaban J connectivity index is 1.86. The zero-order valence-corrected chi connectivity index (χ0v) is 15.4. The van der Waals surface area contributed by atoms with Crippen molar-refractivity contribution in [1.29, 1.82) is 0 Å². The van der Waals surface area contributed by atoms with Crippen molar-refractivity contribution in [1.82, 2.24) is 5.32 Å². The second-order valence-electron chi connectivity index (χ2n) is 6.08. The van der Waals surface area contributed by atoms with Gasteiger partial charge in [-0.15, -0.1) is 0 Å². The van der Waals surface area contributed by atoms with Crippen LogP contribution in [-0.2, 0) is 9.84 Å². The van der Waals surface area contributed by atoms with Gasteiger partial charge in [0.1, 0.15) is 16.8 Å². The molecule has 140 valence electrons. The Bertz CT molecular complexity index is 1030. The Kier molecular flexibility index (Phi) is 5.41. The van der Waals surface area contributed by atoms with Crippen molar-refractivity contribution in [2.45, 2.75) is 17.1 Å². The number of hydrogen-bond donors (Lipinski definition) is 1. The number of nitrogens with one attached hydrogen (secondary N) is 1. The van der Waals surface area contributed by atoms with Crippen LogP contribution < -0.4 is 5.32 Å². The minimum Gasteiger partial charge on any atom is -0.468 e. The smallest absolute Gasteiger partial charge is 0.251 e. The van der Waals surface area contributed by atoms with Gasteiger partial charge in [0.15, 0.2) is 9.84 Å². The maximum absolute atomic E-state index is 13.3. The van der Waals surface area contributed by atoms with E-state index >= 15 is 0 Å². The van der Waals surface area contributed by atoms with Gasteiger partial charge in [0.05, 0.1) is 11.2 Å². The van der Waals surface area contributed by atoms with E-state index in [0.717, 1.165) is 11.6 Å². The largest absolute Gasteiger partial charge is 0.468 e. The van der Waals surface area contributed by atoms with Gasteiger partial charge in [-0.3, -0.25) is 4.79 Å². The van der Waals surface area contributed by atoms with Crippen LogP contribution in [0.3, 0.4) is 0 Å². The lowest BCUT2D eigenvalue weighted by Crippen LogP contribution is -2.31. The molecule has 2 aromatic carbocycles. The molecule has 0 radical (unpaired) electrons. The molecule has 0 aliphatic rings. The Labute approximate surface area is 156 Å². The van der Waals surface area contributed by atoms with Crippen LogP contribution in [0.1, 0.15) is 26.9 Å². The number of rotatable bonds is 6. The molecule has 3 aromatic rings. The number of aryl methyl sites for hydroxylation is 1. The molecule has 0 bridgehead atoms. The molecule has 0 fully saturated rings. The van der Waals surface area contributed by atoms with Crippen LogP contribution in [0.2, 0.25) is 0 Å². The Morgan fingerprint density at radius 1 is 1.11 bits per heavy atom. The third-order valence-corrected chi connectivity index (χ3v) is 6.20. The van der Waals surface area contributed by atoms with Crippen LogP contribution in [0.15, 0.2) is 76.2 Å². The highest BCUT2D eigenvalue weighted by atomic mass is 32.2. The van der Waals surface area contributed by atoms with Crippen molar-refractivity contribution in [3.8, 4) is 0 Å². The summed E-state index contributed by atoms with van der Waals surface area (Å²) in [5.74, 6) is -0.891. The molecule has 3 rings (SSSR count). The SMILES string of the molecule is Cc1ccc(S(=O)(=O)[C@@H](CNC(=O)c2cccc(F)c2)c2ccco2)cc1. The van der Waals surface area contributed by atoms with Crippen LogP contribution in [0.4, 0.5) is 4.39 Å². The first-order valence-corrected chi connectivity index (χ1v) is 9.80. The summed E-state index contributed by atoms with van der Waals surface area (Å²) in [5, 5.41) is 1.45. The van der Waals surface area contributed by atoms with Crippen LogP contribution in [0, 0.1) is 12.7 Å². The molecule has 0 aliphatic carbocycles. The first-order chi connectivity index (χ1) is 12.9. The summed E-state index contributed by atoms with van der Waals surface area (Å²) in [5.41, 5.74) is 1.05. The standard InChI is InChI=1S/C20H18FNO4S/c1-14-7-9-17(10-8-14)27(24,25)19(18-6-3-11-26-18)13-22-20(23)15-4-2-5-16(21)12-15/h2-12,19H,13H2,1H3,(H,22,23)/t19-/m0/s1. The number of hydrogen-bond acceptors (Lipinski definition) is 4. The van der Waals surface area contributed by atoms with Crippen LogP contribution in [-0.4, -0.2) is 20.9 Å². The molecular weight excluding hydrogens is 369 g/mol. The normalized spacial score (nSPS) is 12.5. The number of carbonyl (C=O) groups is 1. The fourth-order valence-corrected chi connectivity index (χ4v) is 4.23. The van der Waals surface area contributed by atoms with E-state index in [-0.39, 0.29) is 22.8 Å². The summed E-state index contributed by atoms with van der Waals surface area (Å²) in [7, 11) is -3.81. The maximum Gasteiger partial charge on any atom is 0.251 e. The minimum absolute atomic E-state index is 0.112. The fraction of sp³-hybridized carbons (Fsp3) is 0.150. The molecule has 0 spiro atoms. The van der Waals surface area contributed by atoms with Gasteiger partial charge in [-0.2, -0.15) is 0 Å². The molecule has 1 atom stereocenters. The topological polar surface area (TPSA) is 76.4 Å². The molecule has 1 aromatic heterocycles. The van der Waals surface area contributed by atoms with E-state index in [4.69, 9.17) is 4.42 Å². The highest BCUT2D eigenvalue weighted by molar-refractivity contribution is 7.91. The van der Waals surface area contributed by atoms with Gasteiger partial charge in [0, 0.05) is 12.1 Å². The summed E-state index contributed by atoms with van der Waals surface area (Å²) >= 11 is 0. The molecule has 1 heterocycles. The average Bonchev–Trinajstić information content (AvgIpc) is 3.16. The highest BCUT2D eigenvalue weighted by Gasteiger charge is 2.31. The predicted octanol–water partition coefficient (Wildman–Crippen LogP) is 3.67. The maximum atomic E-state index is 13.3. The minimum atomic E-state index is -3.81. The second-order valence-corrected chi connectivity index (χ2v) is 8.21. The molecular formula is C20H18FNO4S. The summed E-state index contributed by atoms with van der Waals surface area (Å²) < 4.78 is 44.7. The third kappa shape index (κ3) is 4.25. The van der Waals surface area contributed by atoms with Crippen molar-refractivity contribution in [2.24, 2.45) is 0 Å². The van der Waals surface area contributed by atoms with E-state index in [1.165, 1.54) is 36.6 Å². The van der Waals surface area contributed by atoms with Gasteiger partial charge < -0.3 is 9.73 Å². The molecule has 1 amide bonds. The van der Waals surface area contributed by atoms with Crippen LogP contribution in [0.25, 0.3) is 0 Å². The Hall–Kier alpha value is -2.93. The van der Waals surface area contributed by atoms with Crippen molar-refractivity contribution in [3.63, 3.8) is 0 Å². The lowest BCUT2D eigenvalue weighted by atomic mass is 10.2. The Morgan fingerprint density at radius 3 is 2.48 bits per heavy atom. The fourth-order valence-electron chi connectivity index (χ4n) is 2.65. The first kappa shape index (κ1) is 18.8. The number of benzene rings is 2. The predicted molar refractivity (Wildman–Crippen MR) is 98.5 cm³/mol. The van der Waals surface area contributed by atoms with E-state index in [1.54, 1.807) is 24.3 Å². The quantitative estimate of drug-likeness (QED) is 0.700. The molecule has 0 aliphatic heterocycles. The van der Waals surface area contributed by atoms with Gasteiger partial charge in [-0.25, -0.2) is 12.8 Å². The third-order valence-electron chi connectivity index (χ3n) is 4.12. The monoisotopic (exact) mass is 387 g/mol. The summed E-state index contributed by atoms with van der Waals surface area (Å²) in [6.45, 7) is 1.65. The molecule has 0 saturated heterocycles. The molecule has 0 saturated carbocycles. The van der Waals surface area contributed by atoms with Crippen molar-refractivity contribution < 1.29 is 22.0 Å². The van der Waals surface area contributed by atoms with E-state index in [1.807, 2.05) is 6.92 Å². The van der Waals surface area contributed by atoms with Gasteiger partial charge in [0.2, 0.25) is 0 Å². The molecule has 0 unspecified atom stereocenters. The second kappa shape index (κ2) is 7.75. The summed E-state index contributed by atoms with van der Waals surface area (Å²) in [6, 6.07) is 14.8. The molecule has 27 heavy (non-hydrogen) atoms. The van der Waals surface area contributed by atoms with Crippen LogP contribution >= 0.6 is 0 Å². The zero-order valence-electron chi connectivity index (χ0n) is 14.6. The van der Waals surface area contributed by atoms with Crippen molar-refractivity contribution in [2.75, 3.05) is 6.54 Å². The number of sulfone groups is 1. The molecule has 5 nitrogen and oxygen atoms in total. The number of halogens is 1. The lowest BCUT2D eigenvalue weighted by Gasteiger charge is -2.17. The average molecular weight is 387 g/mol. The lowest BCUT2D eigenvalue weighted by molar-refractivity contribution is 0.0952. The van der Waals surface area contributed by atoms with Crippen LogP contribution in [0.5, 0.6) is 0 Å². The van der Waals surface area contributed by atoms with Gasteiger partial charge in [-0.1, -0.05) is 23.8 Å². The summed E-state index contributed by atoms with van der Waals surface area (Å²) in [6.07, 6.45) is 1.38. The van der Waals surface area contributed by atoms with E-state index in [0.29, 0.717) is 0 Å². The molecule has 7 heteroatoms. The van der Waals surface area contributed by atoms with E-state index in [9.17, 15) is 17.6 Å². The Morgan fingerprint density at radius 2 is 1.85 bits per heavy atom. The highest BCUT2D eigenvalue weighted by Crippen LogP contribution is 2.29.